The van der Waals surface area contributed by atoms with Crippen LogP contribution in [-0.4, -0.2) is 67.4 Å². The van der Waals surface area contributed by atoms with Crippen molar-refractivity contribution in [1.82, 2.24) is 15.1 Å². The molecule has 32 heavy (non-hydrogen) atoms. The zero-order valence-electron chi connectivity index (χ0n) is 20.4. The fraction of sp³-hybridized carbons (Fsp3) is 0.654. The summed E-state index contributed by atoms with van der Waals surface area (Å²) in [5.74, 6) is 0.440. The first-order chi connectivity index (χ1) is 15.1. The highest BCUT2D eigenvalue weighted by molar-refractivity contribution is 5.68. The third-order valence-corrected chi connectivity index (χ3v) is 6.70. The van der Waals surface area contributed by atoms with E-state index >= 15 is 0 Å². The number of piperidine rings is 1. The molecule has 1 N–H and O–H groups in total. The van der Waals surface area contributed by atoms with E-state index in [4.69, 9.17) is 4.74 Å². The van der Waals surface area contributed by atoms with Crippen LogP contribution in [0.25, 0.3) is 0 Å². The molecule has 1 fully saturated rings. The fourth-order valence-electron chi connectivity index (χ4n) is 4.90. The van der Waals surface area contributed by atoms with Crippen LogP contribution in [0.1, 0.15) is 47.0 Å². The molecule has 1 unspecified atom stereocenters. The Labute approximate surface area is 193 Å². The standard InChI is InChI=1S/C26H40FN3O2/c1-7-19-14-18(2)22(15-24(19)28-6)20-8-11-29(12-9-20)16-21-10-13-30(17-23(21)27)25(31)32-26(3,4)5/h7-8,15,18,21,23,28H,1,9-14,16-17H2,2-6H3/t18?,21-,23-/m1/s1. The van der Waals surface area contributed by atoms with Gasteiger partial charge in [-0.05, 0) is 68.7 Å². The van der Waals surface area contributed by atoms with Crippen LogP contribution < -0.4 is 5.32 Å². The molecule has 3 rings (SSSR count). The second kappa shape index (κ2) is 10.2. The van der Waals surface area contributed by atoms with E-state index in [-0.39, 0.29) is 12.5 Å². The highest BCUT2D eigenvalue weighted by Gasteiger charge is 2.35. The quantitative estimate of drug-likeness (QED) is 0.658. The van der Waals surface area contributed by atoms with E-state index in [0.29, 0.717) is 18.9 Å². The maximum atomic E-state index is 14.9. The molecule has 1 amide bonds. The first-order valence-corrected chi connectivity index (χ1v) is 11.9. The van der Waals surface area contributed by atoms with Gasteiger partial charge in [0.05, 0.1) is 6.54 Å². The van der Waals surface area contributed by atoms with Crippen molar-refractivity contribution in [3.8, 4) is 0 Å². The summed E-state index contributed by atoms with van der Waals surface area (Å²) in [5.41, 5.74) is 4.71. The molecule has 0 aromatic heterocycles. The van der Waals surface area contributed by atoms with E-state index in [1.165, 1.54) is 21.6 Å². The number of hydrogen-bond donors (Lipinski definition) is 1. The predicted octanol–water partition coefficient (Wildman–Crippen LogP) is 4.84. The van der Waals surface area contributed by atoms with Crippen molar-refractivity contribution in [3.05, 3.63) is 47.2 Å². The Bertz CT molecular complexity index is 808. The summed E-state index contributed by atoms with van der Waals surface area (Å²) in [5, 5.41) is 3.30. The molecule has 2 aliphatic heterocycles. The summed E-state index contributed by atoms with van der Waals surface area (Å²) in [6, 6.07) is 0. The Morgan fingerprint density at radius 1 is 1.38 bits per heavy atom. The number of rotatable bonds is 5. The normalized spacial score (nSPS) is 27.6. The lowest BCUT2D eigenvalue weighted by Gasteiger charge is -2.38. The Balaban J connectivity index is 1.55. The second-order valence-corrected chi connectivity index (χ2v) is 10.3. The monoisotopic (exact) mass is 445 g/mol. The Morgan fingerprint density at radius 2 is 2.12 bits per heavy atom. The van der Waals surface area contributed by atoms with Crippen LogP contribution >= 0.6 is 0 Å². The van der Waals surface area contributed by atoms with Crippen LogP contribution in [0.3, 0.4) is 0 Å². The van der Waals surface area contributed by atoms with Crippen LogP contribution in [0, 0.1) is 11.8 Å². The van der Waals surface area contributed by atoms with Gasteiger partial charge in [0.25, 0.3) is 0 Å². The summed E-state index contributed by atoms with van der Waals surface area (Å²) in [6.45, 7) is 15.0. The number of halogens is 1. The van der Waals surface area contributed by atoms with Crippen molar-refractivity contribution in [2.45, 2.75) is 58.7 Å². The van der Waals surface area contributed by atoms with Crippen molar-refractivity contribution < 1.29 is 13.9 Å². The highest BCUT2D eigenvalue weighted by Crippen LogP contribution is 2.35. The maximum Gasteiger partial charge on any atom is 0.410 e. The average Bonchev–Trinajstić information content (AvgIpc) is 2.74. The van der Waals surface area contributed by atoms with E-state index in [0.717, 1.165) is 38.2 Å². The number of likely N-dealkylation sites (tertiary alicyclic amines) is 1. The number of ether oxygens (including phenoxy) is 1. The van der Waals surface area contributed by atoms with Crippen LogP contribution in [0.15, 0.2) is 47.2 Å². The predicted molar refractivity (Wildman–Crippen MR) is 128 cm³/mol. The molecular weight excluding hydrogens is 405 g/mol. The van der Waals surface area contributed by atoms with E-state index in [1.54, 1.807) is 0 Å². The number of hydrogen-bond acceptors (Lipinski definition) is 4. The SMILES string of the molecule is C=CC1=C(NC)C=C(C2=CCN(C[C@H]3CCN(C(=O)OC(C)(C)C)C[C@H]3F)CC2)C(C)C1. The van der Waals surface area contributed by atoms with Gasteiger partial charge in [-0.25, -0.2) is 9.18 Å². The Kier molecular flexibility index (Phi) is 7.86. The summed E-state index contributed by atoms with van der Waals surface area (Å²) >= 11 is 0. The number of likely N-dealkylation sites (N-methyl/N-ethyl adjacent to an activating group) is 1. The Hall–Kier alpha value is -2.08. The van der Waals surface area contributed by atoms with E-state index in [2.05, 4.69) is 35.9 Å². The number of carbonyl (C=O) groups excluding carboxylic acids is 1. The summed E-state index contributed by atoms with van der Waals surface area (Å²) in [6.07, 6.45) is 7.80. The van der Waals surface area contributed by atoms with Gasteiger partial charge in [-0.1, -0.05) is 25.7 Å². The van der Waals surface area contributed by atoms with Crippen molar-refractivity contribution >= 4 is 6.09 Å². The van der Waals surface area contributed by atoms with Crippen molar-refractivity contribution in [1.29, 1.82) is 0 Å². The number of alkyl halides is 1. The zero-order chi connectivity index (χ0) is 23.5. The lowest BCUT2D eigenvalue weighted by atomic mass is 9.81. The van der Waals surface area contributed by atoms with Gasteiger partial charge in [0.1, 0.15) is 11.8 Å². The number of nitrogens with zero attached hydrogens (tertiary/aromatic N) is 2. The molecule has 3 atom stereocenters. The van der Waals surface area contributed by atoms with Gasteiger partial charge in [0, 0.05) is 44.8 Å². The smallest absolute Gasteiger partial charge is 0.410 e. The molecule has 5 nitrogen and oxygen atoms in total. The summed E-state index contributed by atoms with van der Waals surface area (Å²) in [4.78, 5) is 16.1. The first kappa shape index (κ1) is 24.6. The second-order valence-electron chi connectivity index (χ2n) is 10.3. The van der Waals surface area contributed by atoms with Crippen molar-refractivity contribution in [2.75, 3.05) is 39.8 Å². The number of amides is 1. The van der Waals surface area contributed by atoms with E-state index in [1.807, 2.05) is 33.9 Å². The minimum Gasteiger partial charge on any atom is -0.444 e. The molecule has 0 radical (unpaired) electrons. The number of carbonyl (C=O) groups is 1. The molecule has 178 valence electrons. The molecular formula is C26H40FN3O2. The molecule has 2 heterocycles. The lowest BCUT2D eigenvalue weighted by Crippen LogP contribution is -2.49. The van der Waals surface area contributed by atoms with E-state index in [9.17, 15) is 9.18 Å². The molecule has 0 saturated carbocycles. The first-order valence-electron chi connectivity index (χ1n) is 11.9. The van der Waals surface area contributed by atoms with Gasteiger partial charge in [-0.3, -0.25) is 4.90 Å². The minimum atomic E-state index is -1.01. The third-order valence-electron chi connectivity index (χ3n) is 6.70. The van der Waals surface area contributed by atoms with Gasteiger partial charge in [-0.2, -0.15) is 0 Å². The van der Waals surface area contributed by atoms with Crippen molar-refractivity contribution in [3.63, 3.8) is 0 Å². The molecule has 1 aliphatic carbocycles. The number of allylic oxidation sites excluding steroid dienone is 4. The molecule has 6 heteroatoms. The van der Waals surface area contributed by atoms with Crippen LogP contribution in [0.2, 0.25) is 0 Å². The largest absolute Gasteiger partial charge is 0.444 e. The number of nitrogens with one attached hydrogen (secondary N) is 1. The third kappa shape index (κ3) is 6.03. The fourth-order valence-corrected chi connectivity index (χ4v) is 4.90. The van der Waals surface area contributed by atoms with Gasteiger partial charge in [0.2, 0.25) is 0 Å². The minimum absolute atomic E-state index is 0.0366. The van der Waals surface area contributed by atoms with Crippen LogP contribution in [-0.2, 0) is 4.74 Å². The van der Waals surface area contributed by atoms with Crippen LogP contribution in [0.5, 0.6) is 0 Å². The summed E-state index contributed by atoms with van der Waals surface area (Å²) in [7, 11) is 1.96. The topological polar surface area (TPSA) is 44.8 Å². The van der Waals surface area contributed by atoms with Crippen LogP contribution in [0.4, 0.5) is 9.18 Å². The zero-order valence-corrected chi connectivity index (χ0v) is 20.4. The molecule has 0 aromatic carbocycles. The highest BCUT2D eigenvalue weighted by atomic mass is 19.1. The molecule has 0 bridgehead atoms. The van der Waals surface area contributed by atoms with Gasteiger partial charge < -0.3 is 15.0 Å². The maximum absolute atomic E-state index is 14.9. The molecule has 0 spiro atoms. The lowest BCUT2D eigenvalue weighted by molar-refractivity contribution is 0.00193. The summed E-state index contributed by atoms with van der Waals surface area (Å²) < 4.78 is 20.3. The van der Waals surface area contributed by atoms with Gasteiger partial charge in [-0.15, -0.1) is 0 Å². The van der Waals surface area contributed by atoms with Crippen molar-refractivity contribution in [2.24, 2.45) is 11.8 Å². The van der Waals surface area contributed by atoms with E-state index < -0.39 is 17.9 Å². The average molecular weight is 446 g/mol. The van der Waals surface area contributed by atoms with Gasteiger partial charge >= 0.3 is 6.09 Å². The molecule has 1 saturated heterocycles. The Morgan fingerprint density at radius 3 is 2.69 bits per heavy atom. The molecule has 3 aliphatic rings. The van der Waals surface area contributed by atoms with Gasteiger partial charge in [0.15, 0.2) is 0 Å². The molecule has 0 aromatic rings.